The Balaban J connectivity index is 1.61. The fourth-order valence-corrected chi connectivity index (χ4v) is 5.74. The van der Waals surface area contributed by atoms with Crippen LogP contribution >= 0.6 is 23.8 Å². The lowest BCUT2D eigenvalue weighted by atomic mass is 10.2. The molecular formula is C22H27ClN4O3S2. The van der Waals surface area contributed by atoms with Gasteiger partial charge in [-0.1, -0.05) is 17.7 Å². The summed E-state index contributed by atoms with van der Waals surface area (Å²) in [6, 6.07) is 10.8. The van der Waals surface area contributed by atoms with Gasteiger partial charge in [0.2, 0.25) is 10.0 Å². The highest BCUT2D eigenvalue weighted by Crippen LogP contribution is 2.33. The van der Waals surface area contributed by atoms with Crippen molar-refractivity contribution in [3.63, 3.8) is 0 Å². The van der Waals surface area contributed by atoms with Crippen molar-refractivity contribution in [2.75, 3.05) is 54.9 Å². The highest BCUT2D eigenvalue weighted by atomic mass is 35.5. The third kappa shape index (κ3) is 5.18. The molecule has 0 unspecified atom stereocenters. The Hall–Kier alpha value is -1.91. The van der Waals surface area contributed by atoms with Crippen molar-refractivity contribution in [1.29, 1.82) is 0 Å². The van der Waals surface area contributed by atoms with E-state index in [1.165, 1.54) is 4.31 Å². The van der Waals surface area contributed by atoms with E-state index in [2.05, 4.69) is 15.5 Å². The number of nitrogens with zero attached hydrogens (tertiary/aromatic N) is 2. The molecule has 2 N–H and O–H groups in total. The first-order valence-corrected chi connectivity index (χ1v) is 12.9. The van der Waals surface area contributed by atoms with Crippen LogP contribution in [0, 0.1) is 6.92 Å². The number of morpholine rings is 1. The van der Waals surface area contributed by atoms with Gasteiger partial charge in [0.15, 0.2) is 5.11 Å². The van der Waals surface area contributed by atoms with Crippen molar-refractivity contribution >= 4 is 56.0 Å². The summed E-state index contributed by atoms with van der Waals surface area (Å²) in [7, 11) is -3.62. The predicted molar refractivity (Wildman–Crippen MR) is 133 cm³/mol. The fraction of sp³-hybridized carbons (Fsp3) is 0.409. The lowest BCUT2D eigenvalue weighted by molar-refractivity contribution is 0.0730. The van der Waals surface area contributed by atoms with Crippen LogP contribution < -0.4 is 15.5 Å². The molecule has 2 aliphatic rings. The van der Waals surface area contributed by atoms with E-state index in [0.717, 1.165) is 42.9 Å². The Kier molecular flexibility index (Phi) is 7.21. The normalized spacial score (nSPS) is 17.4. The average molecular weight is 495 g/mol. The Morgan fingerprint density at radius 2 is 1.75 bits per heavy atom. The highest BCUT2D eigenvalue weighted by molar-refractivity contribution is 7.89. The van der Waals surface area contributed by atoms with Crippen molar-refractivity contribution in [1.82, 2.24) is 4.31 Å². The van der Waals surface area contributed by atoms with E-state index >= 15 is 0 Å². The number of thiocarbonyl (C=S) groups is 1. The van der Waals surface area contributed by atoms with Crippen LogP contribution in [0.5, 0.6) is 0 Å². The van der Waals surface area contributed by atoms with Gasteiger partial charge in [-0.2, -0.15) is 4.31 Å². The maximum atomic E-state index is 13.2. The Morgan fingerprint density at radius 1 is 1.03 bits per heavy atom. The van der Waals surface area contributed by atoms with Crippen molar-refractivity contribution < 1.29 is 13.2 Å². The second-order valence-electron chi connectivity index (χ2n) is 7.93. The Morgan fingerprint density at radius 3 is 2.44 bits per heavy atom. The molecule has 2 fully saturated rings. The second kappa shape index (κ2) is 9.93. The van der Waals surface area contributed by atoms with Crippen LogP contribution in [0.4, 0.5) is 17.1 Å². The molecule has 2 aromatic rings. The summed E-state index contributed by atoms with van der Waals surface area (Å²) in [6.45, 7) is 5.31. The zero-order valence-electron chi connectivity index (χ0n) is 17.9. The molecule has 0 atom stereocenters. The number of anilines is 3. The van der Waals surface area contributed by atoms with Crippen LogP contribution in [0.2, 0.25) is 5.02 Å². The summed E-state index contributed by atoms with van der Waals surface area (Å²) in [4.78, 5) is 2.49. The quantitative estimate of drug-likeness (QED) is 0.607. The third-order valence-electron chi connectivity index (χ3n) is 5.70. The van der Waals surface area contributed by atoms with Crippen LogP contribution in [-0.2, 0) is 14.8 Å². The highest BCUT2D eigenvalue weighted by Gasteiger charge is 2.28. The molecule has 0 amide bonds. The summed E-state index contributed by atoms with van der Waals surface area (Å²) in [5.74, 6) is 0. The molecule has 0 aromatic heterocycles. The number of ether oxygens (including phenoxy) is 1. The van der Waals surface area contributed by atoms with Gasteiger partial charge in [-0.15, -0.1) is 0 Å². The van der Waals surface area contributed by atoms with E-state index in [9.17, 15) is 8.42 Å². The van der Waals surface area contributed by atoms with Crippen molar-refractivity contribution in [2.24, 2.45) is 0 Å². The SMILES string of the molecule is Cc1ccc(NC(=S)Nc2cc(S(=O)(=O)N3CCOCC3)ccc2N2CCCC2)cc1Cl. The molecule has 2 saturated heterocycles. The largest absolute Gasteiger partial charge is 0.379 e. The molecular weight excluding hydrogens is 468 g/mol. The number of halogens is 1. The molecule has 4 rings (SSSR count). The van der Waals surface area contributed by atoms with E-state index in [0.29, 0.717) is 42.1 Å². The predicted octanol–water partition coefficient (Wildman–Crippen LogP) is 4.08. The molecule has 0 radical (unpaired) electrons. The molecule has 0 spiro atoms. The first-order chi connectivity index (χ1) is 15.3. The fourth-order valence-electron chi connectivity index (χ4n) is 3.90. The van der Waals surface area contributed by atoms with Crippen LogP contribution in [-0.4, -0.2) is 57.2 Å². The summed E-state index contributed by atoms with van der Waals surface area (Å²) < 4.78 is 33.1. The van der Waals surface area contributed by atoms with Crippen molar-refractivity contribution in [3.05, 3.63) is 47.0 Å². The molecule has 10 heteroatoms. The van der Waals surface area contributed by atoms with Gasteiger partial charge < -0.3 is 20.3 Å². The van der Waals surface area contributed by atoms with Crippen LogP contribution in [0.15, 0.2) is 41.3 Å². The number of hydrogen-bond acceptors (Lipinski definition) is 5. The minimum absolute atomic E-state index is 0.242. The summed E-state index contributed by atoms with van der Waals surface area (Å²) in [5, 5.41) is 7.37. The van der Waals surface area contributed by atoms with Gasteiger partial charge in [-0.05, 0) is 67.9 Å². The lowest BCUT2D eigenvalue weighted by Crippen LogP contribution is -2.40. The minimum Gasteiger partial charge on any atom is -0.379 e. The Labute approximate surface area is 199 Å². The molecule has 7 nitrogen and oxygen atoms in total. The van der Waals surface area contributed by atoms with E-state index < -0.39 is 10.0 Å². The molecule has 0 aliphatic carbocycles. The molecule has 2 aromatic carbocycles. The van der Waals surface area contributed by atoms with Gasteiger partial charge in [0, 0.05) is 36.9 Å². The lowest BCUT2D eigenvalue weighted by Gasteiger charge is -2.27. The van der Waals surface area contributed by atoms with Crippen LogP contribution in [0.3, 0.4) is 0 Å². The molecule has 2 aliphatic heterocycles. The van der Waals surface area contributed by atoms with Crippen molar-refractivity contribution in [3.8, 4) is 0 Å². The maximum absolute atomic E-state index is 13.2. The molecule has 0 saturated carbocycles. The second-order valence-corrected chi connectivity index (χ2v) is 10.7. The van der Waals surface area contributed by atoms with Gasteiger partial charge >= 0.3 is 0 Å². The summed E-state index contributed by atoms with van der Waals surface area (Å²) in [5.41, 5.74) is 3.35. The molecule has 2 heterocycles. The smallest absolute Gasteiger partial charge is 0.243 e. The standard InChI is InChI=1S/C22H27ClN4O3S2/c1-16-4-5-17(14-19(16)23)24-22(31)25-20-15-18(6-7-21(20)26-8-2-3-9-26)32(28,29)27-10-12-30-13-11-27/h4-7,14-15H,2-3,8-13H2,1H3,(H2,24,25,31). The first-order valence-electron chi connectivity index (χ1n) is 10.7. The van der Waals surface area contributed by atoms with Gasteiger partial charge in [-0.25, -0.2) is 8.42 Å². The number of aryl methyl sites for hydroxylation is 1. The number of sulfonamides is 1. The van der Waals surface area contributed by atoms with Crippen LogP contribution in [0.25, 0.3) is 0 Å². The monoisotopic (exact) mass is 494 g/mol. The van der Waals surface area contributed by atoms with Crippen molar-refractivity contribution in [2.45, 2.75) is 24.7 Å². The third-order valence-corrected chi connectivity index (χ3v) is 8.21. The number of nitrogens with one attached hydrogen (secondary N) is 2. The summed E-state index contributed by atoms with van der Waals surface area (Å²) in [6.07, 6.45) is 2.22. The number of rotatable bonds is 5. The Bertz CT molecular complexity index is 1100. The first kappa shape index (κ1) is 23.3. The van der Waals surface area contributed by atoms with Gasteiger partial charge in [0.05, 0.1) is 29.5 Å². The minimum atomic E-state index is -3.62. The zero-order chi connectivity index (χ0) is 22.7. The van der Waals surface area contributed by atoms with E-state index in [-0.39, 0.29) is 4.90 Å². The topological polar surface area (TPSA) is 73.9 Å². The summed E-state index contributed by atoms with van der Waals surface area (Å²) >= 11 is 11.8. The maximum Gasteiger partial charge on any atom is 0.243 e. The van der Waals surface area contributed by atoms with Gasteiger partial charge in [0.25, 0.3) is 0 Å². The number of hydrogen-bond donors (Lipinski definition) is 2. The van der Waals surface area contributed by atoms with E-state index in [1.807, 2.05) is 31.2 Å². The van der Waals surface area contributed by atoms with E-state index in [4.69, 9.17) is 28.6 Å². The average Bonchev–Trinajstić information content (AvgIpc) is 3.31. The molecule has 32 heavy (non-hydrogen) atoms. The molecule has 0 bridgehead atoms. The van der Waals surface area contributed by atoms with E-state index in [1.54, 1.807) is 12.1 Å². The van der Waals surface area contributed by atoms with Gasteiger partial charge in [-0.3, -0.25) is 0 Å². The zero-order valence-corrected chi connectivity index (χ0v) is 20.3. The van der Waals surface area contributed by atoms with Gasteiger partial charge in [0.1, 0.15) is 0 Å². The molecule has 172 valence electrons. The van der Waals surface area contributed by atoms with Crippen LogP contribution in [0.1, 0.15) is 18.4 Å². The number of benzene rings is 2.